The van der Waals surface area contributed by atoms with Crippen molar-refractivity contribution in [1.82, 2.24) is 34.5 Å². The minimum absolute atomic E-state index is 0.0302. The third-order valence-corrected chi connectivity index (χ3v) is 7.69. The second kappa shape index (κ2) is 11.1. The molecule has 0 aliphatic carbocycles. The first kappa shape index (κ1) is 26.7. The number of carbonyl (C=O) groups excluding carboxylic acids is 2. The summed E-state index contributed by atoms with van der Waals surface area (Å²) in [5.41, 5.74) is 1.80. The number of aromatic nitrogens is 5. The molecule has 1 saturated heterocycles. The minimum atomic E-state index is -0.811. The summed E-state index contributed by atoms with van der Waals surface area (Å²) in [5.74, 6) is 0.0533. The van der Waals surface area contributed by atoms with Gasteiger partial charge in [-0.25, -0.2) is 14.6 Å². The third kappa shape index (κ3) is 6.08. The molecule has 1 fully saturated rings. The first-order chi connectivity index (χ1) is 18.7. The van der Waals surface area contributed by atoms with E-state index >= 15 is 0 Å². The summed E-state index contributed by atoms with van der Waals surface area (Å²) in [5, 5.41) is 21.2. The van der Waals surface area contributed by atoms with Gasteiger partial charge in [0.15, 0.2) is 0 Å². The Morgan fingerprint density at radius 3 is 2.87 bits per heavy atom. The first-order valence-corrected chi connectivity index (χ1v) is 13.6. The van der Waals surface area contributed by atoms with Crippen molar-refractivity contribution in [2.75, 3.05) is 18.4 Å². The van der Waals surface area contributed by atoms with Gasteiger partial charge in [-0.2, -0.15) is 5.10 Å². The van der Waals surface area contributed by atoms with Gasteiger partial charge in [0.2, 0.25) is 11.9 Å². The van der Waals surface area contributed by atoms with Gasteiger partial charge in [-0.1, -0.05) is 12.6 Å². The van der Waals surface area contributed by atoms with Gasteiger partial charge in [0.05, 0.1) is 27.6 Å². The number of benzene rings is 1. The average Bonchev–Trinajstić information content (AvgIpc) is 3.70. The Hall–Kier alpha value is -3.87. The largest absolute Gasteiger partial charge is 0.389 e. The van der Waals surface area contributed by atoms with E-state index < -0.39 is 5.60 Å². The predicted molar refractivity (Wildman–Crippen MR) is 150 cm³/mol. The molecule has 1 atom stereocenters. The van der Waals surface area contributed by atoms with Crippen LogP contribution in [0.4, 0.5) is 5.95 Å². The zero-order chi connectivity index (χ0) is 27.6. The molecule has 1 aromatic carbocycles. The summed E-state index contributed by atoms with van der Waals surface area (Å²) in [7, 11) is 0. The molecule has 1 aliphatic heterocycles. The fourth-order valence-electron chi connectivity index (χ4n) is 4.78. The van der Waals surface area contributed by atoms with E-state index in [9.17, 15) is 14.7 Å². The third-order valence-electron chi connectivity index (χ3n) is 6.61. The fourth-order valence-corrected chi connectivity index (χ4v) is 5.61. The summed E-state index contributed by atoms with van der Waals surface area (Å²) in [4.78, 5) is 36.8. The number of thiophene rings is 1. The van der Waals surface area contributed by atoms with Crippen LogP contribution in [0.15, 0.2) is 55.6 Å². The Kier molecular flexibility index (Phi) is 7.60. The highest BCUT2D eigenvalue weighted by molar-refractivity contribution is 7.16. The number of nitrogens with one attached hydrogen (secondary N) is 2. The zero-order valence-electron chi connectivity index (χ0n) is 22.0. The molecule has 12 heteroatoms. The lowest BCUT2D eigenvalue weighted by Crippen LogP contribution is -2.37. The maximum Gasteiger partial charge on any atom is 0.268 e. The first-order valence-electron chi connectivity index (χ1n) is 12.8. The summed E-state index contributed by atoms with van der Waals surface area (Å²) in [6, 6.07) is 9.52. The van der Waals surface area contributed by atoms with Crippen molar-refractivity contribution in [3.8, 4) is 5.00 Å². The predicted octanol–water partition coefficient (Wildman–Crippen LogP) is 2.97. The van der Waals surface area contributed by atoms with E-state index in [-0.39, 0.29) is 17.9 Å². The molecular weight excluding hydrogens is 516 g/mol. The number of fused-ring (bicyclic) bond motifs is 1. The Bertz CT molecular complexity index is 1480. The molecule has 0 unspecified atom stereocenters. The SMILES string of the molecule is C=CC(=O)N1CCC[C@@H]1Cn1c(NC(=O)c2ccc(-n3cncn3)s2)nc2cc(CNCC(C)(C)O)ccc21. The van der Waals surface area contributed by atoms with Crippen LogP contribution < -0.4 is 10.6 Å². The zero-order valence-corrected chi connectivity index (χ0v) is 22.8. The van der Waals surface area contributed by atoms with Gasteiger partial charge in [0, 0.05) is 26.2 Å². The molecule has 11 nitrogen and oxygen atoms in total. The number of rotatable bonds is 10. The van der Waals surface area contributed by atoms with E-state index in [1.165, 1.54) is 23.7 Å². The van der Waals surface area contributed by atoms with Crippen molar-refractivity contribution < 1.29 is 14.7 Å². The van der Waals surface area contributed by atoms with Gasteiger partial charge in [-0.15, -0.1) is 11.3 Å². The highest BCUT2D eigenvalue weighted by Gasteiger charge is 2.29. The lowest BCUT2D eigenvalue weighted by Gasteiger charge is -2.24. The molecule has 4 heterocycles. The topological polar surface area (TPSA) is 130 Å². The number of amides is 2. The summed E-state index contributed by atoms with van der Waals surface area (Å²) in [6.07, 6.45) is 6.15. The number of hydrogen-bond acceptors (Lipinski definition) is 8. The van der Waals surface area contributed by atoms with Gasteiger partial charge in [0.1, 0.15) is 17.7 Å². The smallest absolute Gasteiger partial charge is 0.268 e. The second-order valence-electron chi connectivity index (χ2n) is 10.2. The van der Waals surface area contributed by atoms with Crippen LogP contribution in [0.1, 0.15) is 41.9 Å². The van der Waals surface area contributed by atoms with Crippen LogP contribution in [-0.2, 0) is 17.9 Å². The van der Waals surface area contributed by atoms with Crippen molar-refractivity contribution in [3.05, 3.63) is 66.1 Å². The Labute approximate surface area is 230 Å². The lowest BCUT2D eigenvalue weighted by molar-refractivity contribution is -0.126. The van der Waals surface area contributed by atoms with Crippen LogP contribution >= 0.6 is 11.3 Å². The molecule has 0 radical (unpaired) electrons. The number of nitrogens with zero attached hydrogens (tertiary/aromatic N) is 6. The minimum Gasteiger partial charge on any atom is -0.389 e. The van der Waals surface area contributed by atoms with E-state index in [1.807, 2.05) is 33.7 Å². The van der Waals surface area contributed by atoms with E-state index in [2.05, 4.69) is 27.3 Å². The molecule has 1 aliphatic rings. The second-order valence-corrected chi connectivity index (χ2v) is 11.3. The molecule has 3 aromatic heterocycles. The number of aliphatic hydroxyl groups is 1. The molecule has 39 heavy (non-hydrogen) atoms. The summed E-state index contributed by atoms with van der Waals surface area (Å²) >= 11 is 1.30. The molecule has 0 bridgehead atoms. The molecule has 2 amide bonds. The molecule has 0 saturated carbocycles. The maximum absolute atomic E-state index is 13.3. The van der Waals surface area contributed by atoms with Crippen LogP contribution in [-0.4, -0.2) is 70.9 Å². The van der Waals surface area contributed by atoms with E-state index in [0.717, 1.165) is 34.4 Å². The van der Waals surface area contributed by atoms with Crippen LogP contribution in [0.25, 0.3) is 16.0 Å². The molecule has 0 spiro atoms. The molecule has 4 aromatic rings. The molecular formula is C27H32N8O3S. The van der Waals surface area contributed by atoms with Crippen LogP contribution in [0.5, 0.6) is 0 Å². The van der Waals surface area contributed by atoms with Crippen molar-refractivity contribution in [2.24, 2.45) is 0 Å². The molecule has 5 rings (SSSR count). The van der Waals surface area contributed by atoms with Crippen molar-refractivity contribution in [2.45, 2.75) is 51.4 Å². The Morgan fingerprint density at radius 1 is 1.28 bits per heavy atom. The number of hydrogen-bond donors (Lipinski definition) is 3. The van der Waals surface area contributed by atoms with Gasteiger partial charge >= 0.3 is 0 Å². The van der Waals surface area contributed by atoms with Gasteiger partial charge in [-0.3, -0.25) is 14.9 Å². The Balaban J connectivity index is 1.43. The highest BCUT2D eigenvalue weighted by Crippen LogP contribution is 2.27. The van der Waals surface area contributed by atoms with E-state index in [1.54, 1.807) is 30.9 Å². The number of imidazole rings is 1. The summed E-state index contributed by atoms with van der Waals surface area (Å²) < 4.78 is 3.59. The summed E-state index contributed by atoms with van der Waals surface area (Å²) in [6.45, 7) is 9.36. The Morgan fingerprint density at radius 2 is 2.13 bits per heavy atom. The van der Waals surface area contributed by atoms with Crippen LogP contribution in [0, 0.1) is 0 Å². The standard InChI is InChI=1S/C27H32N8O3S/c1-4-23(36)33-11-5-6-19(33)14-34-21-8-7-18(13-28-15-27(2,3)38)12-20(21)31-26(34)32-25(37)22-9-10-24(39-22)35-17-29-16-30-35/h4,7-10,12,16-17,19,28,38H,1,5-6,11,13-15H2,2-3H3,(H,31,32,37)/t19-/m1/s1. The highest BCUT2D eigenvalue weighted by atomic mass is 32.1. The van der Waals surface area contributed by atoms with Crippen LogP contribution in [0.2, 0.25) is 0 Å². The average molecular weight is 549 g/mol. The molecule has 204 valence electrons. The van der Waals surface area contributed by atoms with Gasteiger partial charge < -0.3 is 19.9 Å². The van der Waals surface area contributed by atoms with Crippen molar-refractivity contribution in [1.29, 1.82) is 0 Å². The number of carbonyl (C=O) groups is 2. The van der Waals surface area contributed by atoms with Crippen molar-refractivity contribution >= 4 is 40.1 Å². The van der Waals surface area contributed by atoms with Gasteiger partial charge in [0.25, 0.3) is 5.91 Å². The lowest BCUT2D eigenvalue weighted by atomic mass is 10.1. The van der Waals surface area contributed by atoms with Crippen molar-refractivity contribution in [3.63, 3.8) is 0 Å². The molecule has 3 N–H and O–H groups in total. The quantitative estimate of drug-likeness (QED) is 0.260. The van der Waals surface area contributed by atoms with E-state index in [0.29, 0.717) is 37.0 Å². The monoisotopic (exact) mass is 548 g/mol. The number of anilines is 1. The van der Waals surface area contributed by atoms with Gasteiger partial charge in [-0.05, 0) is 62.6 Å². The van der Waals surface area contributed by atoms with Crippen LogP contribution in [0.3, 0.4) is 0 Å². The normalized spacial score (nSPS) is 15.7. The number of likely N-dealkylation sites (tertiary alicyclic amines) is 1. The fraction of sp³-hybridized carbons (Fsp3) is 0.370. The van der Waals surface area contributed by atoms with E-state index in [4.69, 9.17) is 4.98 Å². The maximum atomic E-state index is 13.3.